The third-order valence-corrected chi connectivity index (χ3v) is 2.03. The van der Waals surface area contributed by atoms with Crippen LogP contribution in [0.4, 0.5) is 0 Å². The van der Waals surface area contributed by atoms with E-state index in [0.29, 0.717) is 0 Å². The summed E-state index contributed by atoms with van der Waals surface area (Å²) < 4.78 is 4.75. The second kappa shape index (κ2) is 3.21. The normalized spacial score (nSPS) is 10.0. The number of halogens is 1. The molecule has 0 amide bonds. The minimum absolute atomic E-state index is 0.0665. The molecule has 1 heterocycles. The van der Waals surface area contributed by atoms with Gasteiger partial charge < -0.3 is 14.6 Å². The van der Waals surface area contributed by atoms with Crippen LogP contribution in [0.3, 0.4) is 0 Å². The zero-order chi connectivity index (χ0) is 10.2. The Morgan fingerprint density at radius 3 is 2.00 bits per heavy atom. The summed E-state index contributed by atoms with van der Waals surface area (Å²) in [5, 5.41) is 17.3. The molecule has 0 fully saturated rings. The molecule has 13 heavy (non-hydrogen) atoms. The van der Waals surface area contributed by atoms with Gasteiger partial charge >= 0.3 is 11.9 Å². The van der Waals surface area contributed by atoms with Gasteiger partial charge in [0.25, 0.3) is 0 Å². The van der Waals surface area contributed by atoms with Crippen LogP contribution in [0.2, 0.25) is 0 Å². The number of hydrogen-bond acceptors (Lipinski definition) is 3. The Labute approximate surface area is 81.1 Å². The summed E-state index contributed by atoms with van der Waals surface area (Å²) in [6.07, 6.45) is 0. The highest BCUT2D eigenvalue weighted by Gasteiger charge is 2.26. The van der Waals surface area contributed by atoms with E-state index in [1.54, 1.807) is 0 Å². The van der Waals surface area contributed by atoms with E-state index in [2.05, 4.69) is 15.9 Å². The molecule has 2 N–H and O–H groups in total. The fourth-order valence-corrected chi connectivity index (χ4v) is 1.57. The molecule has 0 saturated heterocycles. The van der Waals surface area contributed by atoms with Crippen molar-refractivity contribution in [1.82, 2.24) is 0 Å². The standard InChI is InChI=1S/C7H5BrO5/c1-2-3(6(9)10)4(7(11)12)5(8)13-2/h1H3,(H,9,10)(H,11,12). The Kier molecular flexibility index (Phi) is 2.42. The van der Waals surface area contributed by atoms with Crippen LogP contribution in [0.15, 0.2) is 9.09 Å². The average Bonchev–Trinajstić information content (AvgIpc) is 2.24. The van der Waals surface area contributed by atoms with E-state index >= 15 is 0 Å². The first-order valence-corrected chi connectivity index (χ1v) is 4.00. The third kappa shape index (κ3) is 1.57. The quantitative estimate of drug-likeness (QED) is 0.833. The lowest BCUT2D eigenvalue weighted by atomic mass is 10.1. The molecule has 0 aliphatic rings. The summed E-state index contributed by atoms with van der Waals surface area (Å²) in [5.74, 6) is -2.58. The summed E-state index contributed by atoms with van der Waals surface area (Å²) in [4.78, 5) is 21.2. The second-order valence-corrected chi connectivity index (χ2v) is 3.01. The van der Waals surface area contributed by atoms with E-state index in [1.165, 1.54) is 6.92 Å². The van der Waals surface area contributed by atoms with Gasteiger partial charge in [0.2, 0.25) is 0 Å². The first-order valence-electron chi connectivity index (χ1n) is 3.20. The number of carbonyl (C=O) groups is 2. The van der Waals surface area contributed by atoms with Crippen LogP contribution in [0.1, 0.15) is 26.5 Å². The van der Waals surface area contributed by atoms with Crippen molar-refractivity contribution >= 4 is 27.9 Å². The van der Waals surface area contributed by atoms with Crippen molar-refractivity contribution < 1.29 is 24.2 Å². The molecule has 1 aromatic heterocycles. The van der Waals surface area contributed by atoms with Crippen molar-refractivity contribution in [3.8, 4) is 0 Å². The van der Waals surface area contributed by atoms with E-state index in [0.717, 1.165) is 0 Å². The zero-order valence-corrected chi connectivity index (χ0v) is 8.08. The van der Waals surface area contributed by atoms with Crippen LogP contribution in [-0.2, 0) is 0 Å². The molecule has 0 aliphatic carbocycles. The van der Waals surface area contributed by atoms with Crippen molar-refractivity contribution in [2.24, 2.45) is 0 Å². The van der Waals surface area contributed by atoms with E-state index < -0.39 is 11.9 Å². The number of furan rings is 1. The Morgan fingerprint density at radius 2 is 1.69 bits per heavy atom. The first-order chi connectivity index (χ1) is 5.95. The fourth-order valence-electron chi connectivity index (χ4n) is 0.959. The van der Waals surface area contributed by atoms with Crippen LogP contribution in [-0.4, -0.2) is 22.2 Å². The molecule has 0 radical (unpaired) electrons. The van der Waals surface area contributed by atoms with E-state index in [9.17, 15) is 9.59 Å². The minimum atomic E-state index is -1.33. The molecular weight excluding hydrogens is 244 g/mol. The summed E-state index contributed by atoms with van der Waals surface area (Å²) in [6, 6.07) is 0. The van der Waals surface area contributed by atoms with Gasteiger partial charge in [-0.1, -0.05) is 0 Å². The minimum Gasteiger partial charge on any atom is -0.478 e. The van der Waals surface area contributed by atoms with E-state index in [-0.39, 0.29) is 21.6 Å². The second-order valence-electron chi connectivity index (χ2n) is 2.29. The number of aromatic carboxylic acids is 2. The van der Waals surface area contributed by atoms with Gasteiger partial charge in [0, 0.05) is 0 Å². The lowest BCUT2D eigenvalue weighted by Gasteiger charge is -1.92. The molecule has 0 aromatic carbocycles. The van der Waals surface area contributed by atoms with Gasteiger partial charge in [-0.3, -0.25) is 0 Å². The van der Waals surface area contributed by atoms with Gasteiger partial charge in [-0.15, -0.1) is 0 Å². The smallest absolute Gasteiger partial charge is 0.341 e. The van der Waals surface area contributed by atoms with Crippen molar-refractivity contribution in [3.63, 3.8) is 0 Å². The number of rotatable bonds is 2. The molecule has 1 aromatic rings. The molecule has 0 saturated carbocycles. The summed E-state index contributed by atoms with van der Waals surface area (Å²) in [5.41, 5.74) is -0.677. The summed E-state index contributed by atoms with van der Waals surface area (Å²) in [6.45, 7) is 1.39. The number of carboxylic acids is 2. The highest BCUT2D eigenvalue weighted by atomic mass is 79.9. The first kappa shape index (κ1) is 9.79. The van der Waals surface area contributed by atoms with Crippen molar-refractivity contribution in [3.05, 3.63) is 21.6 Å². The maximum absolute atomic E-state index is 10.6. The van der Waals surface area contributed by atoms with Gasteiger partial charge in [-0.05, 0) is 22.9 Å². The van der Waals surface area contributed by atoms with Gasteiger partial charge in [-0.2, -0.15) is 0 Å². The monoisotopic (exact) mass is 248 g/mol. The predicted octanol–water partition coefficient (Wildman–Crippen LogP) is 1.75. The number of hydrogen-bond donors (Lipinski definition) is 2. The molecule has 70 valence electrons. The van der Waals surface area contributed by atoms with Crippen molar-refractivity contribution in [2.75, 3.05) is 0 Å². The molecular formula is C7H5BrO5. The number of aryl methyl sites for hydroxylation is 1. The van der Waals surface area contributed by atoms with Gasteiger partial charge in [0.1, 0.15) is 16.9 Å². The molecule has 5 nitrogen and oxygen atoms in total. The maximum Gasteiger partial charge on any atom is 0.341 e. The Bertz CT molecular complexity index is 344. The fraction of sp³-hybridized carbons (Fsp3) is 0.143. The largest absolute Gasteiger partial charge is 0.478 e. The summed E-state index contributed by atoms with van der Waals surface area (Å²) in [7, 11) is 0. The summed E-state index contributed by atoms with van der Waals surface area (Å²) >= 11 is 2.83. The Balaban J connectivity index is 3.47. The average molecular weight is 249 g/mol. The molecule has 0 spiro atoms. The van der Waals surface area contributed by atoms with Crippen LogP contribution < -0.4 is 0 Å². The van der Waals surface area contributed by atoms with Crippen molar-refractivity contribution in [2.45, 2.75) is 6.92 Å². The van der Waals surface area contributed by atoms with Gasteiger partial charge in [-0.25, -0.2) is 9.59 Å². The lowest BCUT2D eigenvalue weighted by Crippen LogP contribution is -2.06. The van der Waals surface area contributed by atoms with Gasteiger partial charge in [0.15, 0.2) is 4.67 Å². The molecule has 0 bridgehead atoms. The third-order valence-electron chi connectivity index (χ3n) is 1.47. The highest BCUT2D eigenvalue weighted by molar-refractivity contribution is 9.10. The SMILES string of the molecule is Cc1oc(Br)c(C(=O)O)c1C(=O)O. The highest BCUT2D eigenvalue weighted by Crippen LogP contribution is 2.26. The van der Waals surface area contributed by atoms with Crippen molar-refractivity contribution in [1.29, 1.82) is 0 Å². The Hall–Kier alpha value is -1.30. The molecule has 6 heteroatoms. The lowest BCUT2D eigenvalue weighted by molar-refractivity contribution is 0.0651. The van der Waals surface area contributed by atoms with Crippen LogP contribution in [0.25, 0.3) is 0 Å². The maximum atomic E-state index is 10.6. The predicted molar refractivity (Wildman–Crippen MR) is 45.1 cm³/mol. The Morgan fingerprint density at radius 1 is 1.23 bits per heavy atom. The molecule has 0 unspecified atom stereocenters. The van der Waals surface area contributed by atoms with E-state index in [1.807, 2.05) is 0 Å². The number of carboxylic acid groups (broad SMARTS) is 2. The van der Waals surface area contributed by atoms with Crippen LogP contribution in [0, 0.1) is 6.92 Å². The van der Waals surface area contributed by atoms with Crippen LogP contribution in [0.5, 0.6) is 0 Å². The zero-order valence-electron chi connectivity index (χ0n) is 6.50. The molecule has 1 rings (SSSR count). The van der Waals surface area contributed by atoms with E-state index in [4.69, 9.17) is 14.6 Å². The van der Waals surface area contributed by atoms with Gasteiger partial charge in [0.05, 0.1) is 0 Å². The molecule has 0 atom stereocenters. The topological polar surface area (TPSA) is 87.7 Å². The molecule has 0 aliphatic heterocycles. The van der Waals surface area contributed by atoms with Crippen LogP contribution >= 0.6 is 15.9 Å².